The maximum absolute atomic E-state index is 14.3. The molecule has 0 aromatic rings. The second kappa shape index (κ2) is 22.1. The highest BCUT2D eigenvalue weighted by atomic mass is 16.7. The van der Waals surface area contributed by atoms with Gasteiger partial charge in [-0.3, -0.25) is 14.4 Å². The third-order valence-corrected chi connectivity index (χ3v) is 12.9. The number of allylic oxidation sites excluding steroid dienone is 4. The van der Waals surface area contributed by atoms with Gasteiger partial charge in [0.25, 0.3) is 11.7 Å². The van der Waals surface area contributed by atoms with E-state index >= 15 is 0 Å². The number of carbonyl (C=O) groups excluding carboxylic acids is 4. The normalized spacial score (nSPS) is 39.4. The molecule has 14 nitrogen and oxygen atoms in total. The topological polar surface area (TPSA) is 210 Å². The van der Waals surface area contributed by atoms with Crippen LogP contribution in [0, 0.1) is 29.6 Å². The van der Waals surface area contributed by atoms with Crippen molar-refractivity contribution in [3.05, 3.63) is 36.0 Å². The predicted octanol–water partition coefficient (Wildman–Crippen LogP) is 3.81. The fourth-order valence-corrected chi connectivity index (χ4v) is 9.42. The molecule has 2 saturated heterocycles. The number of methoxy groups -OCH3 is 3. The molecule has 1 aliphatic carbocycles. The molecule has 2 bridgehead atoms. The lowest BCUT2D eigenvalue weighted by Gasteiger charge is -2.47. The summed E-state index contributed by atoms with van der Waals surface area (Å²) < 4.78 is 29.7. The van der Waals surface area contributed by atoms with Gasteiger partial charge in [-0.15, -0.1) is 6.58 Å². The number of carbonyl (C=O) groups is 4. The second-order valence-corrected chi connectivity index (χ2v) is 17.3. The molecular formula is C44H71NO13. The van der Waals surface area contributed by atoms with Crippen LogP contribution in [0.2, 0.25) is 0 Å². The maximum atomic E-state index is 14.3. The van der Waals surface area contributed by atoms with E-state index in [1.54, 1.807) is 27.0 Å². The van der Waals surface area contributed by atoms with Crippen LogP contribution >= 0.6 is 0 Å². The predicted molar refractivity (Wildman–Crippen MR) is 216 cm³/mol. The number of nitrogens with zero attached hydrogens (tertiary/aromatic N) is 1. The SMILES string of the molecule is C=CCC1C=C(C)CC(C)CC(OC)C2OC(O)(C(=O)C(=O)N3CCCCC3C(=O)OC(C(C)=CC3CCC(O)C(OC)C3)C(C)C(O)CC1=O)C(C)CC2OC.O. The number of aliphatic hydroxyl groups excluding tert-OH is 2. The lowest BCUT2D eigenvalue weighted by Crippen LogP contribution is -2.64. The molecule has 58 heavy (non-hydrogen) atoms. The van der Waals surface area contributed by atoms with Gasteiger partial charge in [0.2, 0.25) is 5.79 Å². The van der Waals surface area contributed by atoms with E-state index in [4.69, 9.17) is 23.7 Å². The first-order valence-corrected chi connectivity index (χ1v) is 20.9. The van der Waals surface area contributed by atoms with Crippen molar-refractivity contribution in [1.29, 1.82) is 0 Å². The smallest absolute Gasteiger partial charge is 0.329 e. The van der Waals surface area contributed by atoms with Crippen LogP contribution in [0.25, 0.3) is 0 Å². The molecule has 3 heterocycles. The Labute approximate surface area is 344 Å². The van der Waals surface area contributed by atoms with Crippen LogP contribution in [0.1, 0.15) is 105 Å². The Hall–Kier alpha value is -2.82. The van der Waals surface area contributed by atoms with Gasteiger partial charge in [-0.1, -0.05) is 44.6 Å². The molecule has 0 aromatic heterocycles. The largest absolute Gasteiger partial charge is 0.456 e. The van der Waals surface area contributed by atoms with Crippen LogP contribution in [0.4, 0.5) is 0 Å². The lowest BCUT2D eigenvalue weighted by atomic mass is 9.81. The summed E-state index contributed by atoms with van der Waals surface area (Å²) in [5, 5.41) is 34.1. The molecule has 3 aliphatic heterocycles. The number of cyclic esters (lactones) is 1. The number of amides is 1. The highest BCUT2D eigenvalue weighted by Gasteiger charge is 2.56. The molecule has 1 saturated carbocycles. The summed E-state index contributed by atoms with van der Waals surface area (Å²) in [4.78, 5) is 57.8. The third kappa shape index (κ3) is 11.7. The molecule has 0 radical (unpaired) electrons. The summed E-state index contributed by atoms with van der Waals surface area (Å²) in [7, 11) is 4.61. The Kier molecular flexibility index (Phi) is 18.9. The highest BCUT2D eigenvalue weighted by Crippen LogP contribution is 2.39. The number of Topliss-reactive ketones (excluding diaryl/α,β-unsaturated/α-hetero) is 2. The molecule has 14 heteroatoms. The van der Waals surface area contributed by atoms with E-state index in [9.17, 15) is 34.5 Å². The number of ether oxygens (including phenoxy) is 5. The molecule has 330 valence electrons. The number of hydrogen-bond donors (Lipinski definition) is 3. The van der Waals surface area contributed by atoms with Crippen LogP contribution in [-0.4, -0.2) is 132 Å². The zero-order valence-corrected chi connectivity index (χ0v) is 35.9. The second-order valence-electron chi connectivity index (χ2n) is 17.3. The van der Waals surface area contributed by atoms with Crippen molar-refractivity contribution < 1.29 is 63.7 Å². The molecule has 5 N–H and O–H groups in total. The van der Waals surface area contributed by atoms with Gasteiger partial charge in [0, 0.05) is 52.0 Å². The van der Waals surface area contributed by atoms with Gasteiger partial charge in [-0.2, -0.15) is 0 Å². The van der Waals surface area contributed by atoms with Gasteiger partial charge in [-0.25, -0.2) is 4.79 Å². The van der Waals surface area contributed by atoms with E-state index in [2.05, 4.69) is 6.58 Å². The molecule has 4 rings (SSSR count). The van der Waals surface area contributed by atoms with Crippen molar-refractivity contribution in [2.45, 2.75) is 160 Å². The number of ketones is 2. The molecule has 14 unspecified atom stereocenters. The molecule has 0 aromatic carbocycles. The summed E-state index contributed by atoms with van der Waals surface area (Å²) in [6.07, 6.45) is 4.93. The van der Waals surface area contributed by atoms with Crippen LogP contribution in [0.3, 0.4) is 0 Å². The van der Waals surface area contributed by atoms with E-state index in [0.29, 0.717) is 56.9 Å². The lowest BCUT2D eigenvalue weighted by molar-refractivity contribution is -0.302. The minimum atomic E-state index is -2.51. The summed E-state index contributed by atoms with van der Waals surface area (Å²) in [5.74, 6) is -7.76. The van der Waals surface area contributed by atoms with Crippen molar-refractivity contribution in [3.8, 4) is 0 Å². The van der Waals surface area contributed by atoms with Crippen molar-refractivity contribution in [3.63, 3.8) is 0 Å². The quantitative estimate of drug-likeness (QED) is 0.190. The average molecular weight is 822 g/mol. The number of rotatable bonds is 7. The molecule has 4 aliphatic rings. The van der Waals surface area contributed by atoms with Gasteiger partial charge in [0.15, 0.2) is 0 Å². The first-order valence-electron chi connectivity index (χ1n) is 20.9. The van der Waals surface area contributed by atoms with Gasteiger partial charge in [-0.05, 0) is 95.5 Å². The molecule has 3 fully saturated rings. The minimum absolute atomic E-state index is 0. The number of esters is 1. The molecule has 14 atom stereocenters. The van der Waals surface area contributed by atoms with E-state index in [1.165, 1.54) is 19.1 Å². The Morgan fingerprint density at radius 3 is 2.22 bits per heavy atom. The monoisotopic (exact) mass is 821 g/mol. The Morgan fingerprint density at radius 2 is 1.59 bits per heavy atom. The fraction of sp³-hybridized carbons (Fsp3) is 0.773. The van der Waals surface area contributed by atoms with Crippen molar-refractivity contribution >= 4 is 23.4 Å². The Morgan fingerprint density at radius 1 is 0.931 bits per heavy atom. The van der Waals surface area contributed by atoms with Crippen LogP contribution < -0.4 is 0 Å². The summed E-state index contributed by atoms with van der Waals surface area (Å²) in [6.45, 7) is 13.1. The number of aliphatic hydroxyl groups is 3. The number of fused-ring (bicyclic) bond motifs is 3. The summed E-state index contributed by atoms with van der Waals surface area (Å²) in [5.41, 5.74) is 1.61. The molecule has 1 amide bonds. The van der Waals surface area contributed by atoms with E-state index in [0.717, 1.165) is 5.57 Å². The molecular weight excluding hydrogens is 750 g/mol. The van der Waals surface area contributed by atoms with Gasteiger partial charge in [0.05, 0.1) is 30.5 Å². The Balaban J connectivity index is 0.00000900. The zero-order chi connectivity index (χ0) is 42.2. The van der Waals surface area contributed by atoms with Crippen LogP contribution in [0.5, 0.6) is 0 Å². The first kappa shape index (κ1) is 49.5. The van der Waals surface area contributed by atoms with Crippen molar-refractivity contribution in [1.82, 2.24) is 4.90 Å². The van der Waals surface area contributed by atoms with Gasteiger partial charge < -0.3 is 49.4 Å². The Bertz CT molecular complexity index is 1480. The zero-order valence-electron chi connectivity index (χ0n) is 35.9. The van der Waals surface area contributed by atoms with E-state index in [-0.39, 0.29) is 55.0 Å². The summed E-state index contributed by atoms with van der Waals surface area (Å²) >= 11 is 0. The molecule has 0 spiro atoms. The highest BCUT2D eigenvalue weighted by molar-refractivity contribution is 6.39. The summed E-state index contributed by atoms with van der Waals surface area (Å²) in [6, 6.07) is -1.14. The average Bonchev–Trinajstić information content (AvgIpc) is 3.18. The number of piperidine rings is 1. The fourth-order valence-electron chi connectivity index (χ4n) is 9.42. The first-order chi connectivity index (χ1) is 27.0. The third-order valence-electron chi connectivity index (χ3n) is 12.9. The van der Waals surface area contributed by atoms with Crippen molar-refractivity contribution in [2.75, 3.05) is 27.9 Å². The van der Waals surface area contributed by atoms with Gasteiger partial charge in [0.1, 0.15) is 24.0 Å². The standard InChI is InChI=1S/C44H69NO12.H2O/c1-10-13-31-19-25(2)18-26(3)20-37(54-8)40-38(55-9)22-28(5)44(52,57-40)41(49)42(50)45-17-12-11-14-32(45)43(51)56-39(29(6)34(47)24-35(31)48)27(4)21-30-15-16-33(46)36(23-30)53-7;/h10,19,21,26,28-34,36-40,46-47,52H,1,11-18,20,22-24H2,2-9H3;1H2. The van der Waals surface area contributed by atoms with E-state index in [1.807, 2.05) is 32.9 Å². The van der Waals surface area contributed by atoms with Crippen LogP contribution in [-0.2, 0) is 42.9 Å². The van der Waals surface area contributed by atoms with E-state index < -0.39 is 83.9 Å². The number of hydrogen-bond acceptors (Lipinski definition) is 12. The van der Waals surface area contributed by atoms with Gasteiger partial charge >= 0.3 is 5.97 Å². The van der Waals surface area contributed by atoms with Crippen molar-refractivity contribution in [2.24, 2.45) is 29.6 Å². The minimum Gasteiger partial charge on any atom is -0.456 e. The maximum Gasteiger partial charge on any atom is 0.329 e. The van der Waals surface area contributed by atoms with Crippen LogP contribution in [0.15, 0.2) is 36.0 Å².